The van der Waals surface area contributed by atoms with Crippen molar-refractivity contribution in [2.24, 2.45) is 5.73 Å². The minimum absolute atomic E-state index is 0.275. The number of rotatable bonds is 6. The molecule has 6 heteroatoms. The van der Waals surface area contributed by atoms with E-state index in [1.165, 1.54) is 12.4 Å². The van der Waals surface area contributed by atoms with E-state index in [4.69, 9.17) is 11.0 Å². The topological polar surface area (TPSA) is 105 Å². The Balaban J connectivity index is 2.32. The Morgan fingerprint density at radius 1 is 1.44 bits per heavy atom. The summed E-state index contributed by atoms with van der Waals surface area (Å²) >= 11 is 0. The molecule has 84 valence electrons. The average molecular weight is 219 g/mol. The van der Waals surface area contributed by atoms with E-state index in [1.807, 2.05) is 6.07 Å². The second kappa shape index (κ2) is 6.35. The molecule has 0 aliphatic carbocycles. The zero-order chi connectivity index (χ0) is 11.8. The first-order valence-electron chi connectivity index (χ1n) is 4.97. The minimum Gasteiger partial charge on any atom is -0.370 e. The Morgan fingerprint density at radius 2 is 2.19 bits per heavy atom. The molecule has 0 saturated carbocycles. The smallest absolute Gasteiger partial charge is 0.217 e. The Labute approximate surface area is 93.5 Å². The molecule has 0 bridgehead atoms. The summed E-state index contributed by atoms with van der Waals surface area (Å²) in [4.78, 5) is 18.3. The Hall–Kier alpha value is -2.16. The van der Waals surface area contributed by atoms with Gasteiger partial charge in [-0.1, -0.05) is 0 Å². The van der Waals surface area contributed by atoms with Gasteiger partial charge in [-0.15, -0.1) is 0 Å². The van der Waals surface area contributed by atoms with Crippen LogP contribution < -0.4 is 11.1 Å². The number of hydrogen-bond donors (Lipinski definition) is 2. The van der Waals surface area contributed by atoms with Crippen LogP contribution in [0.1, 0.15) is 25.0 Å². The Kier molecular flexibility index (Phi) is 4.73. The van der Waals surface area contributed by atoms with Gasteiger partial charge in [0, 0.05) is 25.4 Å². The third-order valence-corrected chi connectivity index (χ3v) is 1.95. The molecule has 3 N–H and O–H groups in total. The van der Waals surface area contributed by atoms with Crippen molar-refractivity contribution in [3.05, 3.63) is 18.1 Å². The fourth-order valence-electron chi connectivity index (χ4n) is 1.18. The van der Waals surface area contributed by atoms with Gasteiger partial charge >= 0.3 is 0 Å². The van der Waals surface area contributed by atoms with Crippen LogP contribution in [0.25, 0.3) is 0 Å². The number of aromatic nitrogens is 2. The van der Waals surface area contributed by atoms with Crippen molar-refractivity contribution in [2.75, 3.05) is 11.9 Å². The lowest BCUT2D eigenvalue weighted by molar-refractivity contribution is -0.118. The zero-order valence-electron chi connectivity index (χ0n) is 8.81. The largest absolute Gasteiger partial charge is 0.370 e. The van der Waals surface area contributed by atoms with E-state index >= 15 is 0 Å². The Morgan fingerprint density at radius 3 is 2.88 bits per heavy atom. The number of carbonyl (C=O) groups is 1. The van der Waals surface area contributed by atoms with Gasteiger partial charge in [-0.3, -0.25) is 4.79 Å². The van der Waals surface area contributed by atoms with E-state index < -0.39 is 0 Å². The lowest BCUT2D eigenvalue weighted by atomic mass is 10.2. The fraction of sp³-hybridized carbons (Fsp3) is 0.400. The predicted molar refractivity (Wildman–Crippen MR) is 58.3 cm³/mol. The van der Waals surface area contributed by atoms with Gasteiger partial charge in [0.15, 0.2) is 11.5 Å². The molecule has 0 fully saturated rings. The normalized spacial score (nSPS) is 9.44. The number of primary amides is 1. The number of anilines is 1. The second-order valence-corrected chi connectivity index (χ2v) is 3.22. The molecule has 0 aliphatic heterocycles. The van der Waals surface area contributed by atoms with E-state index in [0.29, 0.717) is 18.8 Å². The van der Waals surface area contributed by atoms with Crippen molar-refractivity contribution in [3.63, 3.8) is 0 Å². The van der Waals surface area contributed by atoms with Crippen molar-refractivity contribution in [1.29, 1.82) is 5.26 Å². The highest BCUT2D eigenvalue weighted by molar-refractivity contribution is 5.73. The summed E-state index contributed by atoms with van der Waals surface area (Å²) in [5, 5.41) is 11.7. The number of nitrogens with two attached hydrogens (primary N) is 1. The summed E-state index contributed by atoms with van der Waals surface area (Å²) in [5.74, 6) is 0.182. The van der Waals surface area contributed by atoms with Crippen LogP contribution in [0.2, 0.25) is 0 Å². The van der Waals surface area contributed by atoms with E-state index in [9.17, 15) is 4.79 Å². The molecule has 0 radical (unpaired) electrons. The lowest BCUT2D eigenvalue weighted by Gasteiger charge is -2.05. The first-order chi connectivity index (χ1) is 7.74. The van der Waals surface area contributed by atoms with Crippen LogP contribution in [-0.4, -0.2) is 22.4 Å². The summed E-state index contributed by atoms with van der Waals surface area (Å²) in [7, 11) is 0. The summed E-state index contributed by atoms with van der Waals surface area (Å²) in [6.07, 6.45) is 4.89. The molecule has 1 rings (SSSR count). The molecular formula is C10H13N5O. The van der Waals surface area contributed by atoms with Crippen LogP contribution in [0.15, 0.2) is 12.4 Å². The molecule has 0 saturated heterocycles. The van der Waals surface area contributed by atoms with Gasteiger partial charge in [0.05, 0.1) is 0 Å². The van der Waals surface area contributed by atoms with Gasteiger partial charge in [0.2, 0.25) is 5.91 Å². The number of nitrogens with one attached hydrogen (secondary N) is 1. The summed E-state index contributed by atoms with van der Waals surface area (Å²) < 4.78 is 0. The van der Waals surface area contributed by atoms with Crippen LogP contribution >= 0.6 is 0 Å². The SMILES string of the molecule is N#Cc1nccnc1NCCCCC(N)=O. The number of unbranched alkanes of at least 4 members (excludes halogenated alkanes) is 1. The van der Waals surface area contributed by atoms with Gasteiger partial charge in [0.25, 0.3) is 0 Å². The third-order valence-electron chi connectivity index (χ3n) is 1.95. The van der Waals surface area contributed by atoms with Gasteiger partial charge in [-0.05, 0) is 12.8 Å². The maximum atomic E-state index is 10.5. The van der Waals surface area contributed by atoms with Crippen LogP contribution in [-0.2, 0) is 4.79 Å². The molecule has 0 atom stereocenters. The average Bonchev–Trinajstić information content (AvgIpc) is 2.29. The van der Waals surface area contributed by atoms with E-state index in [1.54, 1.807) is 0 Å². The molecule has 1 aromatic rings. The van der Waals surface area contributed by atoms with Crippen molar-refractivity contribution in [1.82, 2.24) is 9.97 Å². The maximum Gasteiger partial charge on any atom is 0.217 e. The van der Waals surface area contributed by atoms with Gasteiger partial charge in [-0.25, -0.2) is 9.97 Å². The van der Waals surface area contributed by atoms with Crippen molar-refractivity contribution >= 4 is 11.7 Å². The molecule has 6 nitrogen and oxygen atoms in total. The fourth-order valence-corrected chi connectivity index (χ4v) is 1.18. The van der Waals surface area contributed by atoms with Gasteiger partial charge in [-0.2, -0.15) is 5.26 Å². The molecule has 16 heavy (non-hydrogen) atoms. The highest BCUT2D eigenvalue weighted by atomic mass is 16.1. The first-order valence-corrected chi connectivity index (χ1v) is 4.97. The standard InChI is InChI=1S/C10H13N5O/c11-7-8-10(15-6-5-13-8)14-4-2-1-3-9(12)16/h5-6H,1-4H2,(H2,12,16)(H,14,15). The molecule has 0 unspecified atom stereocenters. The molecular weight excluding hydrogens is 206 g/mol. The van der Waals surface area contributed by atoms with Gasteiger partial charge < -0.3 is 11.1 Å². The number of nitriles is 1. The molecule has 1 aromatic heterocycles. The van der Waals surface area contributed by atoms with Crippen molar-refractivity contribution < 1.29 is 4.79 Å². The number of nitrogens with zero attached hydrogens (tertiary/aromatic N) is 3. The summed E-state index contributed by atoms with van der Waals surface area (Å²) in [5.41, 5.74) is 5.28. The number of hydrogen-bond acceptors (Lipinski definition) is 5. The molecule has 0 spiro atoms. The molecule has 0 aromatic carbocycles. The van der Waals surface area contributed by atoms with E-state index in [2.05, 4.69) is 15.3 Å². The maximum absolute atomic E-state index is 10.5. The van der Waals surface area contributed by atoms with E-state index in [-0.39, 0.29) is 11.6 Å². The summed E-state index contributed by atoms with van der Waals surface area (Å²) in [6.45, 7) is 0.640. The zero-order valence-corrected chi connectivity index (χ0v) is 8.81. The number of amides is 1. The third kappa shape index (κ3) is 3.92. The molecule has 1 heterocycles. The second-order valence-electron chi connectivity index (χ2n) is 3.22. The van der Waals surface area contributed by atoms with Crippen LogP contribution in [0.3, 0.4) is 0 Å². The molecule has 1 amide bonds. The van der Waals surface area contributed by atoms with Crippen LogP contribution in [0, 0.1) is 11.3 Å². The van der Waals surface area contributed by atoms with Crippen LogP contribution in [0.5, 0.6) is 0 Å². The Bertz CT molecular complexity index is 398. The highest BCUT2D eigenvalue weighted by Crippen LogP contribution is 2.06. The predicted octanol–water partition coefficient (Wildman–Crippen LogP) is 0.416. The lowest BCUT2D eigenvalue weighted by Crippen LogP contribution is -2.11. The van der Waals surface area contributed by atoms with Crippen molar-refractivity contribution in [2.45, 2.75) is 19.3 Å². The van der Waals surface area contributed by atoms with E-state index in [0.717, 1.165) is 12.8 Å². The molecule has 0 aliphatic rings. The first kappa shape index (κ1) is 11.9. The monoisotopic (exact) mass is 219 g/mol. The van der Waals surface area contributed by atoms with Crippen molar-refractivity contribution in [3.8, 4) is 6.07 Å². The number of carbonyl (C=O) groups excluding carboxylic acids is 1. The van der Waals surface area contributed by atoms with Crippen LogP contribution in [0.4, 0.5) is 5.82 Å². The quantitative estimate of drug-likeness (QED) is 0.674. The highest BCUT2D eigenvalue weighted by Gasteiger charge is 2.02. The minimum atomic E-state index is -0.294. The summed E-state index contributed by atoms with van der Waals surface area (Å²) in [6, 6.07) is 1.94. The van der Waals surface area contributed by atoms with Gasteiger partial charge in [0.1, 0.15) is 6.07 Å².